The lowest BCUT2D eigenvalue weighted by Gasteiger charge is -2.17. The fraction of sp³-hybridized carbons (Fsp3) is 0.400. The first-order valence-electron chi connectivity index (χ1n) is 6.68. The number of nitrogens with zero attached hydrogens (tertiary/aromatic N) is 2. The molecule has 1 aromatic carbocycles. The summed E-state index contributed by atoms with van der Waals surface area (Å²) in [6, 6.07) is 7.15. The Morgan fingerprint density at radius 1 is 1.35 bits per heavy atom. The second-order valence-electron chi connectivity index (χ2n) is 4.85. The van der Waals surface area contributed by atoms with Crippen LogP contribution < -0.4 is 5.32 Å². The van der Waals surface area contributed by atoms with E-state index >= 15 is 0 Å². The molecule has 0 radical (unpaired) electrons. The maximum Gasteiger partial charge on any atom is 0.124 e. The Balaban J connectivity index is 2.25. The number of nitrogens with one attached hydrogen (secondary N) is 1. The van der Waals surface area contributed by atoms with Crippen LogP contribution in [0.25, 0.3) is 0 Å². The molecule has 108 valence electrons. The average Bonchev–Trinajstić information content (AvgIpc) is 2.75. The number of rotatable bonds is 5. The van der Waals surface area contributed by atoms with Gasteiger partial charge < -0.3 is 5.32 Å². The van der Waals surface area contributed by atoms with Crippen molar-refractivity contribution in [3.63, 3.8) is 0 Å². The Hall–Kier alpha value is -1.20. The fourth-order valence-electron chi connectivity index (χ4n) is 2.31. The molecule has 3 nitrogen and oxygen atoms in total. The van der Waals surface area contributed by atoms with E-state index in [0.29, 0.717) is 0 Å². The third-order valence-electron chi connectivity index (χ3n) is 3.44. The van der Waals surface area contributed by atoms with E-state index in [0.717, 1.165) is 34.3 Å². The Labute approximate surface area is 127 Å². The highest BCUT2D eigenvalue weighted by atomic mass is 79.9. The molecule has 1 atom stereocenters. The highest BCUT2D eigenvalue weighted by Crippen LogP contribution is 2.23. The summed E-state index contributed by atoms with van der Waals surface area (Å²) in [4.78, 5) is 0. The highest BCUT2D eigenvalue weighted by molar-refractivity contribution is 9.10. The number of hydrogen-bond acceptors (Lipinski definition) is 2. The van der Waals surface area contributed by atoms with Gasteiger partial charge in [0.25, 0.3) is 0 Å². The van der Waals surface area contributed by atoms with Gasteiger partial charge in [0.15, 0.2) is 0 Å². The maximum absolute atomic E-state index is 13.5. The third kappa shape index (κ3) is 3.46. The molecule has 1 unspecified atom stereocenters. The lowest BCUT2D eigenvalue weighted by Crippen LogP contribution is -2.20. The molecule has 1 heterocycles. The average molecular weight is 340 g/mol. The molecule has 2 aromatic rings. The summed E-state index contributed by atoms with van der Waals surface area (Å²) in [7, 11) is 3.84. The van der Waals surface area contributed by atoms with Gasteiger partial charge in [0.2, 0.25) is 0 Å². The number of hydrogen-bond donors (Lipinski definition) is 1. The molecule has 0 aliphatic carbocycles. The van der Waals surface area contributed by atoms with Gasteiger partial charge in [0, 0.05) is 29.7 Å². The van der Waals surface area contributed by atoms with Gasteiger partial charge in [-0.3, -0.25) is 4.68 Å². The van der Waals surface area contributed by atoms with E-state index in [-0.39, 0.29) is 11.9 Å². The van der Waals surface area contributed by atoms with E-state index in [4.69, 9.17) is 0 Å². The van der Waals surface area contributed by atoms with Crippen LogP contribution >= 0.6 is 15.9 Å². The van der Waals surface area contributed by atoms with E-state index in [9.17, 15) is 4.39 Å². The van der Waals surface area contributed by atoms with E-state index in [1.807, 2.05) is 24.8 Å². The number of halogens is 2. The maximum atomic E-state index is 13.5. The van der Waals surface area contributed by atoms with Crippen molar-refractivity contribution in [1.29, 1.82) is 0 Å². The monoisotopic (exact) mass is 339 g/mol. The van der Waals surface area contributed by atoms with Crippen LogP contribution in [0.5, 0.6) is 0 Å². The predicted molar refractivity (Wildman–Crippen MR) is 82.2 cm³/mol. The zero-order valence-corrected chi connectivity index (χ0v) is 13.5. The summed E-state index contributed by atoms with van der Waals surface area (Å²) in [5.74, 6) is -0.228. The number of likely N-dealkylation sites (N-methyl/N-ethyl adjacent to an activating group) is 1. The molecule has 20 heavy (non-hydrogen) atoms. The topological polar surface area (TPSA) is 29.9 Å². The second-order valence-corrected chi connectivity index (χ2v) is 5.77. The molecule has 0 aliphatic heterocycles. The Morgan fingerprint density at radius 3 is 2.65 bits per heavy atom. The molecule has 5 heteroatoms. The molecule has 0 saturated heterocycles. The van der Waals surface area contributed by atoms with Crippen LogP contribution in [0, 0.1) is 5.82 Å². The lowest BCUT2D eigenvalue weighted by atomic mass is 10.0. The van der Waals surface area contributed by atoms with E-state index in [1.54, 1.807) is 6.07 Å². The second kappa shape index (κ2) is 6.50. The van der Waals surface area contributed by atoms with Gasteiger partial charge in [0.1, 0.15) is 5.82 Å². The van der Waals surface area contributed by atoms with Crippen LogP contribution in [0.3, 0.4) is 0 Å². The molecular formula is C15H19BrFN3. The van der Waals surface area contributed by atoms with Crippen molar-refractivity contribution in [2.45, 2.75) is 25.8 Å². The van der Waals surface area contributed by atoms with Gasteiger partial charge >= 0.3 is 0 Å². The summed E-state index contributed by atoms with van der Waals surface area (Å²) >= 11 is 3.34. The summed E-state index contributed by atoms with van der Waals surface area (Å²) < 4.78 is 16.2. The highest BCUT2D eigenvalue weighted by Gasteiger charge is 2.15. The van der Waals surface area contributed by atoms with E-state index in [1.165, 1.54) is 6.07 Å². The molecule has 0 spiro atoms. The Kier molecular flexibility index (Phi) is 4.94. The predicted octanol–water partition coefficient (Wildman–Crippen LogP) is 3.39. The molecule has 0 amide bonds. The number of aromatic nitrogens is 2. The number of aryl methyl sites for hydroxylation is 2. The number of benzene rings is 1. The fourth-order valence-corrected chi connectivity index (χ4v) is 2.79. The van der Waals surface area contributed by atoms with Crippen LogP contribution in [0.2, 0.25) is 0 Å². The Morgan fingerprint density at radius 2 is 2.10 bits per heavy atom. The lowest BCUT2D eigenvalue weighted by molar-refractivity contribution is 0.553. The van der Waals surface area contributed by atoms with Crippen molar-refractivity contribution in [2.24, 2.45) is 7.05 Å². The first-order valence-corrected chi connectivity index (χ1v) is 7.47. The largest absolute Gasteiger partial charge is 0.313 e. The van der Waals surface area contributed by atoms with Crippen molar-refractivity contribution in [3.05, 3.63) is 51.5 Å². The standard InChI is InChI=1S/C15H19BrFN3/c1-4-13-8-14(20(3)19-13)9-15(18-2)10-5-11(16)7-12(17)6-10/h5-8,15,18H,4,9H2,1-3H3. The third-order valence-corrected chi connectivity index (χ3v) is 3.90. The molecule has 1 aromatic heterocycles. The minimum absolute atomic E-state index is 0.0575. The van der Waals surface area contributed by atoms with Crippen LogP contribution in [-0.4, -0.2) is 16.8 Å². The summed E-state index contributed by atoms with van der Waals surface area (Å²) in [6.07, 6.45) is 1.69. The minimum atomic E-state index is -0.228. The Bertz CT molecular complexity index is 575. The van der Waals surface area contributed by atoms with Crippen LogP contribution in [-0.2, 0) is 19.9 Å². The van der Waals surface area contributed by atoms with Gasteiger partial charge in [-0.1, -0.05) is 22.9 Å². The van der Waals surface area contributed by atoms with Crippen molar-refractivity contribution < 1.29 is 4.39 Å². The first kappa shape index (κ1) is 15.2. The summed E-state index contributed by atoms with van der Waals surface area (Å²) in [5, 5.41) is 7.70. The molecular weight excluding hydrogens is 321 g/mol. The van der Waals surface area contributed by atoms with Gasteiger partial charge in [-0.05, 0) is 43.3 Å². The van der Waals surface area contributed by atoms with Crippen molar-refractivity contribution in [1.82, 2.24) is 15.1 Å². The van der Waals surface area contributed by atoms with Gasteiger partial charge in [-0.2, -0.15) is 5.10 Å². The van der Waals surface area contributed by atoms with Gasteiger partial charge in [-0.25, -0.2) is 4.39 Å². The summed E-state index contributed by atoms with van der Waals surface area (Å²) in [5.41, 5.74) is 3.15. The zero-order valence-electron chi connectivity index (χ0n) is 12.0. The quantitative estimate of drug-likeness (QED) is 0.904. The van der Waals surface area contributed by atoms with Crippen molar-refractivity contribution >= 4 is 15.9 Å². The molecule has 0 saturated carbocycles. The van der Waals surface area contributed by atoms with Gasteiger partial charge in [-0.15, -0.1) is 0 Å². The van der Waals surface area contributed by atoms with E-state index in [2.05, 4.69) is 39.3 Å². The molecule has 0 fully saturated rings. The van der Waals surface area contributed by atoms with Crippen LogP contribution in [0.15, 0.2) is 28.7 Å². The van der Waals surface area contributed by atoms with Crippen LogP contribution in [0.4, 0.5) is 4.39 Å². The molecule has 1 N–H and O–H groups in total. The summed E-state index contributed by atoms with van der Waals surface area (Å²) in [6.45, 7) is 2.09. The van der Waals surface area contributed by atoms with Crippen LogP contribution in [0.1, 0.15) is 29.9 Å². The van der Waals surface area contributed by atoms with Gasteiger partial charge in [0.05, 0.1) is 5.69 Å². The molecule has 0 aliphatic rings. The zero-order chi connectivity index (χ0) is 14.7. The van der Waals surface area contributed by atoms with Crippen molar-refractivity contribution in [3.8, 4) is 0 Å². The SMILES string of the molecule is CCc1cc(CC(NC)c2cc(F)cc(Br)c2)n(C)n1. The van der Waals surface area contributed by atoms with E-state index < -0.39 is 0 Å². The normalized spacial score (nSPS) is 12.7. The van der Waals surface area contributed by atoms with Crippen molar-refractivity contribution in [2.75, 3.05) is 7.05 Å². The molecule has 2 rings (SSSR count). The molecule has 0 bridgehead atoms. The smallest absolute Gasteiger partial charge is 0.124 e. The minimum Gasteiger partial charge on any atom is -0.313 e. The first-order chi connectivity index (χ1) is 9.53.